The Morgan fingerprint density at radius 2 is 1.66 bits per heavy atom. The fourth-order valence-corrected chi connectivity index (χ4v) is 4.44. The number of carbonyl (C=O) groups is 2. The van der Waals surface area contributed by atoms with Gasteiger partial charge in [-0.3, -0.25) is 9.10 Å². The molecule has 35 heavy (non-hydrogen) atoms. The second-order valence-electron chi connectivity index (χ2n) is 7.95. The predicted molar refractivity (Wildman–Crippen MR) is 133 cm³/mol. The van der Waals surface area contributed by atoms with Gasteiger partial charge >= 0.3 is 5.97 Å². The van der Waals surface area contributed by atoms with Crippen molar-refractivity contribution >= 4 is 27.6 Å². The van der Waals surface area contributed by atoms with Crippen LogP contribution in [-0.4, -0.2) is 40.6 Å². The number of rotatable bonds is 9. The van der Waals surface area contributed by atoms with Crippen molar-refractivity contribution in [2.45, 2.75) is 31.4 Å². The van der Waals surface area contributed by atoms with Crippen LogP contribution in [0.3, 0.4) is 0 Å². The third kappa shape index (κ3) is 6.39. The number of benzene rings is 3. The van der Waals surface area contributed by atoms with Crippen LogP contribution < -0.4 is 14.4 Å². The van der Waals surface area contributed by atoms with E-state index in [0.29, 0.717) is 18.0 Å². The lowest BCUT2D eigenvalue weighted by molar-refractivity contribution is -0.129. The van der Waals surface area contributed by atoms with E-state index >= 15 is 0 Å². The summed E-state index contributed by atoms with van der Waals surface area (Å²) in [5.74, 6) is -0.657. The average Bonchev–Trinajstić information content (AvgIpc) is 2.87. The minimum absolute atomic E-state index is 0.0207. The predicted octanol–water partition coefficient (Wildman–Crippen LogP) is 3.69. The highest BCUT2D eigenvalue weighted by atomic mass is 32.2. The van der Waals surface area contributed by atoms with Crippen LogP contribution in [0.1, 0.15) is 28.4 Å². The number of hydrogen-bond acceptors (Lipinski definition) is 6. The van der Waals surface area contributed by atoms with Crippen LogP contribution in [-0.2, 0) is 26.1 Å². The number of hydrogen-bond donors (Lipinski definition) is 1. The summed E-state index contributed by atoms with van der Waals surface area (Å²) in [6.45, 7) is 3.73. The molecule has 0 saturated heterocycles. The number of esters is 1. The van der Waals surface area contributed by atoms with Crippen molar-refractivity contribution in [1.82, 2.24) is 5.32 Å². The Kier molecular flexibility index (Phi) is 8.14. The zero-order valence-corrected chi connectivity index (χ0v) is 20.8. The molecule has 9 heteroatoms. The summed E-state index contributed by atoms with van der Waals surface area (Å²) in [6.07, 6.45) is -1.06. The minimum atomic E-state index is -3.95. The molecule has 0 saturated carbocycles. The first-order valence-corrected chi connectivity index (χ1v) is 12.3. The first-order valence-electron chi connectivity index (χ1n) is 10.9. The van der Waals surface area contributed by atoms with Gasteiger partial charge in [-0.15, -0.1) is 0 Å². The Morgan fingerprint density at radius 3 is 2.29 bits per heavy atom. The monoisotopic (exact) mass is 496 g/mol. The van der Waals surface area contributed by atoms with Crippen molar-refractivity contribution in [1.29, 1.82) is 0 Å². The molecule has 1 unspecified atom stereocenters. The minimum Gasteiger partial charge on any atom is -0.497 e. The summed E-state index contributed by atoms with van der Waals surface area (Å²) in [5.41, 5.74) is 2.48. The van der Waals surface area contributed by atoms with Crippen molar-refractivity contribution in [2.24, 2.45) is 0 Å². The Labute approximate surface area is 205 Å². The van der Waals surface area contributed by atoms with Crippen LogP contribution in [0.5, 0.6) is 5.75 Å². The van der Waals surface area contributed by atoms with Gasteiger partial charge in [-0.25, -0.2) is 13.2 Å². The summed E-state index contributed by atoms with van der Waals surface area (Å²) in [7, 11) is -1.01. The average molecular weight is 497 g/mol. The fraction of sp³-hybridized carbons (Fsp3) is 0.231. The molecule has 0 aliphatic heterocycles. The molecule has 3 aromatic rings. The van der Waals surface area contributed by atoms with Crippen molar-refractivity contribution in [3.05, 3.63) is 89.5 Å². The number of anilines is 1. The third-order valence-electron chi connectivity index (χ3n) is 5.40. The number of nitrogens with one attached hydrogen (secondary N) is 1. The van der Waals surface area contributed by atoms with E-state index in [9.17, 15) is 18.0 Å². The van der Waals surface area contributed by atoms with Crippen LogP contribution in [0.15, 0.2) is 77.7 Å². The van der Waals surface area contributed by atoms with Gasteiger partial charge in [0.1, 0.15) is 5.75 Å². The highest BCUT2D eigenvalue weighted by Gasteiger charge is 2.24. The number of methoxy groups -OCH3 is 1. The van der Waals surface area contributed by atoms with Crippen molar-refractivity contribution in [2.75, 3.05) is 18.5 Å². The van der Waals surface area contributed by atoms with Crippen molar-refractivity contribution in [3.63, 3.8) is 0 Å². The molecule has 184 valence electrons. The van der Waals surface area contributed by atoms with Gasteiger partial charge in [0, 0.05) is 13.6 Å². The molecule has 1 amide bonds. The molecule has 0 bridgehead atoms. The van der Waals surface area contributed by atoms with Gasteiger partial charge in [0.15, 0.2) is 6.10 Å². The summed E-state index contributed by atoms with van der Waals surface area (Å²) in [6, 6.07) is 19.7. The van der Waals surface area contributed by atoms with Gasteiger partial charge in [-0.2, -0.15) is 0 Å². The van der Waals surface area contributed by atoms with Gasteiger partial charge in [-0.05, 0) is 61.9 Å². The van der Waals surface area contributed by atoms with Gasteiger partial charge < -0.3 is 14.8 Å². The summed E-state index contributed by atoms with van der Waals surface area (Å²) >= 11 is 0. The van der Waals surface area contributed by atoms with E-state index < -0.39 is 28.0 Å². The van der Waals surface area contributed by atoms with E-state index in [1.54, 1.807) is 24.3 Å². The van der Waals surface area contributed by atoms with Crippen LogP contribution in [0.4, 0.5) is 5.69 Å². The smallest absolute Gasteiger partial charge is 0.338 e. The first-order chi connectivity index (χ1) is 16.6. The van der Waals surface area contributed by atoms with Crippen molar-refractivity contribution < 1.29 is 27.5 Å². The lowest BCUT2D eigenvalue weighted by Gasteiger charge is -2.20. The van der Waals surface area contributed by atoms with Crippen LogP contribution in [0.2, 0.25) is 0 Å². The quantitative estimate of drug-likeness (QED) is 0.454. The van der Waals surface area contributed by atoms with E-state index in [2.05, 4.69) is 5.32 Å². The van der Waals surface area contributed by atoms with Crippen molar-refractivity contribution in [3.8, 4) is 5.75 Å². The van der Waals surface area contributed by atoms with Crippen LogP contribution in [0, 0.1) is 6.92 Å². The van der Waals surface area contributed by atoms with E-state index in [0.717, 1.165) is 15.4 Å². The normalized spacial score (nSPS) is 11.9. The number of nitrogens with zero attached hydrogens (tertiary/aromatic N) is 1. The highest BCUT2D eigenvalue weighted by molar-refractivity contribution is 7.92. The number of carbonyl (C=O) groups excluding carboxylic acids is 2. The lowest BCUT2D eigenvalue weighted by atomic mass is 10.1. The van der Waals surface area contributed by atoms with Crippen LogP contribution in [0.25, 0.3) is 0 Å². The van der Waals surface area contributed by atoms with E-state index in [1.807, 2.05) is 31.2 Å². The first kappa shape index (κ1) is 25.8. The molecule has 0 radical (unpaired) electrons. The highest BCUT2D eigenvalue weighted by Crippen LogP contribution is 2.25. The molecule has 0 spiro atoms. The Bertz CT molecular complexity index is 1290. The molecular weight excluding hydrogens is 468 g/mol. The van der Waals surface area contributed by atoms with Gasteiger partial charge in [0.05, 0.1) is 23.3 Å². The zero-order valence-electron chi connectivity index (χ0n) is 20.0. The largest absolute Gasteiger partial charge is 0.497 e. The fourth-order valence-electron chi connectivity index (χ4n) is 3.19. The molecule has 0 aliphatic rings. The standard InChI is InChI=1S/C26H28N2O6S/c1-18-8-10-20(11-9-18)17-27-25(29)19(2)34-26(30)21-6-5-7-24(16-21)35(31,32)28(3)22-12-14-23(33-4)15-13-22/h5-16,19H,17H2,1-4H3,(H,27,29). The topological polar surface area (TPSA) is 102 Å². The maximum absolute atomic E-state index is 13.1. The van der Waals surface area contributed by atoms with E-state index in [1.165, 1.54) is 45.3 Å². The molecule has 8 nitrogen and oxygen atoms in total. The second kappa shape index (κ2) is 11.1. The molecule has 3 rings (SSSR count). The number of ether oxygens (including phenoxy) is 2. The molecule has 1 atom stereocenters. The summed E-state index contributed by atoms with van der Waals surface area (Å²) in [4.78, 5) is 24.9. The number of amides is 1. The molecule has 0 fully saturated rings. The molecular formula is C26H28N2O6S. The SMILES string of the molecule is COc1ccc(N(C)S(=O)(=O)c2cccc(C(=O)OC(C)C(=O)NCc3ccc(C)cc3)c2)cc1. The molecule has 3 aromatic carbocycles. The maximum Gasteiger partial charge on any atom is 0.338 e. The second-order valence-corrected chi connectivity index (χ2v) is 9.92. The third-order valence-corrected chi connectivity index (χ3v) is 7.19. The lowest BCUT2D eigenvalue weighted by Crippen LogP contribution is -2.35. The summed E-state index contributed by atoms with van der Waals surface area (Å²) in [5, 5.41) is 2.72. The Morgan fingerprint density at radius 1 is 1.00 bits per heavy atom. The van der Waals surface area contributed by atoms with Gasteiger partial charge in [0.2, 0.25) is 0 Å². The molecule has 0 aliphatic carbocycles. The number of aryl methyl sites for hydroxylation is 1. The molecule has 1 N–H and O–H groups in total. The Hall–Kier alpha value is -3.85. The summed E-state index contributed by atoms with van der Waals surface area (Å²) < 4.78 is 37.7. The van der Waals surface area contributed by atoms with E-state index in [-0.39, 0.29) is 10.5 Å². The van der Waals surface area contributed by atoms with Gasteiger partial charge in [-0.1, -0.05) is 35.9 Å². The number of sulfonamides is 1. The zero-order chi connectivity index (χ0) is 25.6. The molecule has 0 aromatic heterocycles. The Balaban J connectivity index is 1.67. The van der Waals surface area contributed by atoms with Crippen LogP contribution >= 0.6 is 0 Å². The van der Waals surface area contributed by atoms with E-state index in [4.69, 9.17) is 9.47 Å². The van der Waals surface area contributed by atoms with Gasteiger partial charge in [0.25, 0.3) is 15.9 Å². The molecule has 0 heterocycles. The maximum atomic E-state index is 13.1.